The van der Waals surface area contributed by atoms with Gasteiger partial charge in [-0.05, 0) is 28.7 Å². The number of methoxy groups -OCH3 is 1. The van der Waals surface area contributed by atoms with Crippen LogP contribution in [0.15, 0.2) is 18.5 Å². The number of ether oxygens (including phenoxy) is 2. The summed E-state index contributed by atoms with van der Waals surface area (Å²) in [5.74, 6) is 0.740. The lowest BCUT2D eigenvalue weighted by Crippen LogP contribution is -2.05. The van der Waals surface area contributed by atoms with Crippen molar-refractivity contribution >= 4 is 56.1 Å². The molecular weight excluding hydrogens is 393 g/mol. The molecule has 1 N–H and O–H groups in total. The average molecular weight is 404 g/mol. The van der Waals surface area contributed by atoms with Crippen LogP contribution in [-0.4, -0.2) is 35.3 Å². The van der Waals surface area contributed by atoms with Crippen LogP contribution in [0.1, 0.15) is 0 Å². The summed E-state index contributed by atoms with van der Waals surface area (Å²) in [6.45, 7) is 1.03. The Morgan fingerprint density at radius 1 is 1.30 bits per heavy atom. The SMILES string of the molecule is COCCOc1cnc2[nH]c3cnc(Cl)cc3c2c1I. The molecule has 0 fully saturated rings. The molecule has 0 amide bonds. The van der Waals surface area contributed by atoms with Crippen molar-refractivity contribution in [1.29, 1.82) is 0 Å². The second kappa shape index (κ2) is 5.71. The van der Waals surface area contributed by atoms with E-state index in [-0.39, 0.29) is 0 Å². The van der Waals surface area contributed by atoms with Gasteiger partial charge in [0, 0.05) is 17.9 Å². The first-order valence-corrected chi connectivity index (χ1v) is 7.39. The molecule has 20 heavy (non-hydrogen) atoms. The largest absolute Gasteiger partial charge is 0.488 e. The second-order valence-electron chi connectivity index (χ2n) is 4.18. The van der Waals surface area contributed by atoms with Gasteiger partial charge in [-0.3, -0.25) is 0 Å². The van der Waals surface area contributed by atoms with Gasteiger partial charge >= 0.3 is 0 Å². The molecule has 0 aliphatic rings. The Morgan fingerprint density at radius 3 is 2.95 bits per heavy atom. The van der Waals surface area contributed by atoms with E-state index in [1.165, 1.54) is 0 Å². The zero-order chi connectivity index (χ0) is 14.1. The Morgan fingerprint density at radius 2 is 2.15 bits per heavy atom. The number of fused-ring (bicyclic) bond motifs is 3. The quantitative estimate of drug-likeness (QED) is 0.412. The lowest BCUT2D eigenvalue weighted by Gasteiger charge is -2.07. The summed E-state index contributed by atoms with van der Waals surface area (Å²) in [5.41, 5.74) is 1.71. The van der Waals surface area contributed by atoms with E-state index in [0.717, 1.165) is 31.3 Å². The third-order valence-corrected chi connectivity index (χ3v) is 4.20. The van der Waals surface area contributed by atoms with Crippen molar-refractivity contribution in [2.75, 3.05) is 20.3 Å². The van der Waals surface area contributed by atoms with Crippen LogP contribution < -0.4 is 4.74 Å². The molecule has 5 nitrogen and oxygen atoms in total. The standard InChI is InChI=1S/C13H11ClIN3O2/c1-19-2-3-20-9-6-17-13-11(12(9)15)7-4-10(14)16-5-8(7)18-13/h4-6H,2-3H2,1H3,(H,17,18). The monoisotopic (exact) mass is 403 g/mol. The molecule has 3 rings (SSSR count). The zero-order valence-corrected chi connectivity index (χ0v) is 13.5. The van der Waals surface area contributed by atoms with Gasteiger partial charge in [0.15, 0.2) is 5.75 Å². The molecule has 0 aliphatic carbocycles. The molecule has 0 atom stereocenters. The van der Waals surface area contributed by atoms with Gasteiger partial charge < -0.3 is 14.5 Å². The van der Waals surface area contributed by atoms with Gasteiger partial charge in [0.05, 0.1) is 28.1 Å². The fourth-order valence-corrected chi connectivity index (χ4v) is 3.01. The minimum Gasteiger partial charge on any atom is -0.488 e. The first kappa shape index (κ1) is 13.8. The number of hydrogen-bond acceptors (Lipinski definition) is 4. The van der Waals surface area contributed by atoms with Gasteiger partial charge in [0.2, 0.25) is 0 Å². The summed E-state index contributed by atoms with van der Waals surface area (Å²) >= 11 is 8.23. The van der Waals surface area contributed by atoms with E-state index >= 15 is 0 Å². The van der Waals surface area contributed by atoms with Crippen molar-refractivity contribution in [2.24, 2.45) is 0 Å². The second-order valence-corrected chi connectivity index (χ2v) is 5.64. The number of aromatic nitrogens is 3. The first-order chi connectivity index (χ1) is 9.70. The van der Waals surface area contributed by atoms with E-state index in [9.17, 15) is 0 Å². The number of aromatic amines is 1. The van der Waals surface area contributed by atoms with Gasteiger partial charge in [-0.15, -0.1) is 0 Å². The average Bonchev–Trinajstić information content (AvgIpc) is 2.80. The highest BCUT2D eigenvalue weighted by Gasteiger charge is 2.13. The Kier molecular flexibility index (Phi) is 3.95. The summed E-state index contributed by atoms with van der Waals surface area (Å²) < 4.78 is 11.7. The highest BCUT2D eigenvalue weighted by molar-refractivity contribution is 14.1. The zero-order valence-electron chi connectivity index (χ0n) is 10.6. The fourth-order valence-electron chi connectivity index (χ4n) is 2.01. The summed E-state index contributed by atoms with van der Waals surface area (Å²) in [4.78, 5) is 11.7. The van der Waals surface area contributed by atoms with Crippen LogP contribution in [0.25, 0.3) is 21.9 Å². The number of halogens is 2. The van der Waals surface area contributed by atoms with Crippen LogP contribution in [0.5, 0.6) is 5.75 Å². The molecule has 3 aromatic heterocycles. The van der Waals surface area contributed by atoms with Crippen molar-refractivity contribution in [3.05, 3.63) is 27.2 Å². The Balaban J connectivity index is 2.14. The molecule has 0 aliphatic heterocycles. The molecule has 0 radical (unpaired) electrons. The summed E-state index contributed by atoms with van der Waals surface area (Å²) in [6, 6.07) is 1.83. The van der Waals surface area contributed by atoms with E-state index in [0.29, 0.717) is 18.4 Å². The first-order valence-electron chi connectivity index (χ1n) is 5.94. The maximum atomic E-state index is 5.97. The van der Waals surface area contributed by atoms with Crippen LogP contribution in [0.3, 0.4) is 0 Å². The molecule has 0 unspecified atom stereocenters. The molecule has 3 aromatic rings. The number of pyridine rings is 2. The summed E-state index contributed by atoms with van der Waals surface area (Å²) in [6.07, 6.45) is 3.42. The minimum atomic E-state index is 0.458. The third-order valence-electron chi connectivity index (χ3n) is 2.92. The third kappa shape index (κ3) is 2.43. The number of hydrogen-bond donors (Lipinski definition) is 1. The van der Waals surface area contributed by atoms with Crippen molar-refractivity contribution in [2.45, 2.75) is 0 Å². The smallest absolute Gasteiger partial charge is 0.151 e. The van der Waals surface area contributed by atoms with Gasteiger partial charge in [0.25, 0.3) is 0 Å². The highest BCUT2D eigenvalue weighted by atomic mass is 127. The predicted octanol–water partition coefficient (Wildman–Crippen LogP) is 3.39. The minimum absolute atomic E-state index is 0.458. The Bertz CT molecular complexity index is 775. The van der Waals surface area contributed by atoms with E-state index < -0.39 is 0 Å². The van der Waals surface area contributed by atoms with Crippen molar-refractivity contribution < 1.29 is 9.47 Å². The van der Waals surface area contributed by atoms with Crippen LogP contribution in [0.2, 0.25) is 5.15 Å². The molecule has 3 heterocycles. The maximum absolute atomic E-state index is 5.97. The van der Waals surface area contributed by atoms with Crippen molar-refractivity contribution in [3.63, 3.8) is 0 Å². The Labute approximate surface area is 133 Å². The molecule has 104 valence electrons. The van der Waals surface area contributed by atoms with Gasteiger partial charge in [-0.1, -0.05) is 11.6 Å². The van der Waals surface area contributed by atoms with Gasteiger partial charge in [-0.25, -0.2) is 9.97 Å². The highest BCUT2D eigenvalue weighted by Crippen LogP contribution is 2.33. The molecule has 0 spiro atoms. The van der Waals surface area contributed by atoms with Gasteiger partial charge in [-0.2, -0.15) is 0 Å². The predicted molar refractivity (Wildman–Crippen MR) is 86.5 cm³/mol. The van der Waals surface area contributed by atoms with Crippen LogP contribution in [-0.2, 0) is 4.74 Å². The van der Waals surface area contributed by atoms with E-state index in [1.807, 2.05) is 6.07 Å². The van der Waals surface area contributed by atoms with E-state index in [1.54, 1.807) is 19.5 Å². The molecule has 0 saturated heterocycles. The van der Waals surface area contributed by atoms with Crippen molar-refractivity contribution in [3.8, 4) is 5.75 Å². The van der Waals surface area contributed by atoms with Crippen LogP contribution in [0.4, 0.5) is 0 Å². The molecular formula is C13H11ClIN3O2. The topological polar surface area (TPSA) is 60.0 Å². The van der Waals surface area contributed by atoms with E-state index in [2.05, 4.69) is 37.5 Å². The molecule has 7 heteroatoms. The van der Waals surface area contributed by atoms with Crippen molar-refractivity contribution in [1.82, 2.24) is 15.0 Å². The summed E-state index contributed by atoms with van der Waals surface area (Å²) in [5, 5.41) is 2.45. The normalized spacial score (nSPS) is 11.3. The number of rotatable bonds is 4. The lowest BCUT2D eigenvalue weighted by molar-refractivity contribution is 0.146. The van der Waals surface area contributed by atoms with Crippen LogP contribution >= 0.6 is 34.2 Å². The van der Waals surface area contributed by atoms with Gasteiger partial charge in [0.1, 0.15) is 17.4 Å². The Hall–Kier alpha value is -1.12. The number of H-pyrrole nitrogens is 1. The number of nitrogens with zero attached hydrogens (tertiary/aromatic N) is 2. The summed E-state index contributed by atoms with van der Waals surface area (Å²) in [7, 11) is 1.64. The van der Waals surface area contributed by atoms with Crippen LogP contribution in [0, 0.1) is 3.57 Å². The molecule has 0 saturated carbocycles. The van der Waals surface area contributed by atoms with E-state index in [4.69, 9.17) is 21.1 Å². The number of nitrogens with one attached hydrogen (secondary N) is 1. The maximum Gasteiger partial charge on any atom is 0.151 e. The molecule has 0 aromatic carbocycles. The molecule has 0 bridgehead atoms. The lowest BCUT2D eigenvalue weighted by atomic mass is 10.2. The fraction of sp³-hybridized carbons (Fsp3) is 0.231.